The predicted octanol–water partition coefficient (Wildman–Crippen LogP) is 5.72. The molecular formula is C25H19Cl2NO5. The number of rotatable bonds is 5. The highest BCUT2D eigenvalue weighted by Gasteiger charge is 2.47. The van der Waals surface area contributed by atoms with Gasteiger partial charge in [-0.2, -0.15) is 0 Å². The topological polar surface area (TPSA) is 87.1 Å². The maximum atomic E-state index is 13.2. The summed E-state index contributed by atoms with van der Waals surface area (Å²) in [5, 5.41) is 22.0. The first-order valence-electron chi connectivity index (χ1n) is 10.1. The van der Waals surface area contributed by atoms with E-state index >= 15 is 0 Å². The second kappa shape index (κ2) is 9.17. The number of carbonyl (C=O) groups excluding carboxylic acids is 2. The van der Waals surface area contributed by atoms with E-state index in [0.29, 0.717) is 33.7 Å². The summed E-state index contributed by atoms with van der Waals surface area (Å²) in [5.41, 5.74) is 0.949. The summed E-state index contributed by atoms with van der Waals surface area (Å²) < 4.78 is 5.49. The highest BCUT2D eigenvalue weighted by Crippen LogP contribution is 2.43. The van der Waals surface area contributed by atoms with Crippen molar-refractivity contribution in [3.05, 3.63) is 93.5 Å². The Morgan fingerprint density at radius 1 is 1.03 bits per heavy atom. The van der Waals surface area contributed by atoms with Crippen molar-refractivity contribution in [1.82, 2.24) is 0 Å². The third kappa shape index (κ3) is 4.27. The number of aliphatic hydroxyl groups is 1. The fourth-order valence-electron chi connectivity index (χ4n) is 3.81. The van der Waals surface area contributed by atoms with E-state index in [9.17, 15) is 19.8 Å². The number of amides is 1. The number of hydrogen-bond acceptors (Lipinski definition) is 5. The van der Waals surface area contributed by atoms with E-state index in [1.165, 1.54) is 35.2 Å². The van der Waals surface area contributed by atoms with Crippen molar-refractivity contribution >= 4 is 46.3 Å². The second-order valence-electron chi connectivity index (χ2n) is 7.32. The summed E-state index contributed by atoms with van der Waals surface area (Å²) in [5.74, 6) is -1.79. The predicted molar refractivity (Wildman–Crippen MR) is 127 cm³/mol. The maximum absolute atomic E-state index is 13.2. The lowest BCUT2D eigenvalue weighted by atomic mass is 9.95. The molecule has 1 saturated heterocycles. The number of benzene rings is 3. The van der Waals surface area contributed by atoms with E-state index in [0.717, 1.165) is 0 Å². The van der Waals surface area contributed by atoms with Gasteiger partial charge in [-0.05, 0) is 61.0 Å². The molecule has 1 unspecified atom stereocenters. The molecule has 6 nitrogen and oxygen atoms in total. The van der Waals surface area contributed by atoms with Crippen LogP contribution in [0.2, 0.25) is 10.0 Å². The van der Waals surface area contributed by atoms with Gasteiger partial charge in [0.05, 0.1) is 23.2 Å². The molecule has 1 aliphatic rings. The van der Waals surface area contributed by atoms with Gasteiger partial charge in [0.25, 0.3) is 11.7 Å². The molecule has 0 aromatic heterocycles. The number of Topliss-reactive ketones (excluding diaryl/α,β-unsaturated/α-hetero) is 1. The largest absolute Gasteiger partial charge is 0.508 e. The van der Waals surface area contributed by atoms with Gasteiger partial charge in [-0.3, -0.25) is 14.5 Å². The highest BCUT2D eigenvalue weighted by atomic mass is 35.5. The standard InChI is InChI=1S/C25H19Cl2NO5/c1-2-33-20-12-15(9-10-19(20)27)23(30)21-22(14-5-3-8-18(29)11-14)28(25(32)24(21)31)17-7-4-6-16(26)13-17/h3-13,22,29-30H,2H2,1H3/b23-21+. The quantitative estimate of drug-likeness (QED) is 0.275. The number of hydrogen-bond donors (Lipinski definition) is 2. The van der Waals surface area contributed by atoms with Gasteiger partial charge >= 0.3 is 0 Å². The lowest BCUT2D eigenvalue weighted by Crippen LogP contribution is -2.29. The number of halogens is 2. The molecule has 0 spiro atoms. The van der Waals surface area contributed by atoms with Crippen LogP contribution in [0, 0.1) is 0 Å². The zero-order valence-electron chi connectivity index (χ0n) is 17.5. The number of carbonyl (C=O) groups is 2. The van der Waals surface area contributed by atoms with Crippen LogP contribution in [0.25, 0.3) is 5.76 Å². The van der Waals surface area contributed by atoms with Crippen LogP contribution in [0.15, 0.2) is 72.3 Å². The Kier molecular flexibility index (Phi) is 6.31. The van der Waals surface area contributed by atoms with Crippen LogP contribution in [0.4, 0.5) is 5.69 Å². The van der Waals surface area contributed by atoms with Crippen molar-refractivity contribution in [2.45, 2.75) is 13.0 Å². The number of phenols is 1. The molecule has 4 rings (SSSR count). The fraction of sp³-hybridized carbons (Fsp3) is 0.120. The van der Waals surface area contributed by atoms with Crippen LogP contribution in [0.5, 0.6) is 11.5 Å². The Balaban J connectivity index is 1.95. The number of nitrogens with zero attached hydrogens (tertiary/aromatic N) is 1. The molecule has 1 amide bonds. The van der Waals surface area contributed by atoms with Crippen molar-refractivity contribution in [2.75, 3.05) is 11.5 Å². The van der Waals surface area contributed by atoms with E-state index in [1.54, 1.807) is 43.3 Å². The monoisotopic (exact) mass is 483 g/mol. The fourth-order valence-corrected chi connectivity index (χ4v) is 4.16. The average molecular weight is 484 g/mol. The Morgan fingerprint density at radius 3 is 2.48 bits per heavy atom. The molecule has 33 heavy (non-hydrogen) atoms. The van der Waals surface area contributed by atoms with Crippen molar-refractivity contribution in [2.24, 2.45) is 0 Å². The van der Waals surface area contributed by atoms with Gasteiger partial charge in [0.1, 0.15) is 17.3 Å². The highest BCUT2D eigenvalue weighted by molar-refractivity contribution is 6.51. The molecule has 0 saturated carbocycles. The van der Waals surface area contributed by atoms with Gasteiger partial charge in [0.2, 0.25) is 0 Å². The SMILES string of the molecule is CCOc1cc(/C(O)=C2\C(=O)C(=O)N(c3cccc(Cl)c3)C2c2cccc(O)c2)ccc1Cl. The minimum Gasteiger partial charge on any atom is -0.508 e. The van der Waals surface area contributed by atoms with Crippen LogP contribution < -0.4 is 9.64 Å². The Hall–Kier alpha value is -3.48. The number of ether oxygens (including phenoxy) is 1. The smallest absolute Gasteiger partial charge is 0.300 e. The van der Waals surface area contributed by atoms with Gasteiger partial charge in [-0.15, -0.1) is 0 Å². The van der Waals surface area contributed by atoms with Crippen molar-refractivity contribution < 1.29 is 24.5 Å². The van der Waals surface area contributed by atoms with Crippen LogP contribution in [-0.2, 0) is 9.59 Å². The van der Waals surface area contributed by atoms with E-state index in [2.05, 4.69) is 0 Å². The summed E-state index contributed by atoms with van der Waals surface area (Å²) in [6.45, 7) is 2.15. The zero-order chi connectivity index (χ0) is 23.7. The van der Waals surface area contributed by atoms with E-state index in [-0.39, 0.29) is 22.6 Å². The minimum atomic E-state index is -0.998. The molecule has 0 radical (unpaired) electrons. The molecule has 8 heteroatoms. The van der Waals surface area contributed by atoms with Crippen molar-refractivity contribution in [3.63, 3.8) is 0 Å². The summed E-state index contributed by atoms with van der Waals surface area (Å²) in [6.07, 6.45) is 0. The van der Waals surface area contributed by atoms with Crippen LogP contribution >= 0.6 is 23.2 Å². The number of aromatic hydroxyl groups is 1. The molecule has 3 aromatic carbocycles. The lowest BCUT2D eigenvalue weighted by Gasteiger charge is -2.25. The first-order chi connectivity index (χ1) is 15.8. The summed E-state index contributed by atoms with van der Waals surface area (Å²) >= 11 is 12.3. The molecule has 1 fully saturated rings. The van der Waals surface area contributed by atoms with Gasteiger partial charge in [-0.1, -0.05) is 41.4 Å². The van der Waals surface area contributed by atoms with Gasteiger partial charge in [0, 0.05) is 16.3 Å². The van der Waals surface area contributed by atoms with Crippen LogP contribution in [-0.4, -0.2) is 28.5 Å². The molecule has 0 aliphatic carbocycles. The van der Waals surface area contributed by atoms with Crippen molar-refractivity contribution in [1.29, 1.82) is 0 Å². The third-order valence-electron chi connectivity index (χ3n) is 5.22. The molecule has 3 aromatic rings. The van der Waals surface area contributed by atoms with Gasteiger partial charge < -0.3 is 14.9 Å². The molecule has 168 valence electrons. The second-order valence-corrected chi connectivity index (χ2v) is 8.17. The third-order valence-corrected chi connectivity index (χ3v) is 5.77. The van der Waals surface area contributed by atoms with E-state index in [1.807, 2.05) is 0 Å². The number of phenolic OH excluding ortho intramolecular Hbond substituents is 1. The first kappa shape index (κ1) is 22.7. The summed E-state index contributed by atoms with van der Waals surface area (Å²) in [7, 11) is 0. The molecule has 1 aliphatic heterocycles. The molecule has 1 heterocycles. The normalized spacial score (nSPS) is 17.4. The minimum absolute atomic E-state index is 0.0469. The Bertz CT molecular complexity index is 1290. The lowest BCUT2D eigenvalue weighted by molar-refractivity contribution is -0.132. The van der Waals surface area contributed by atoms with Crippen LogP contribution in [0.1, 0.15) is 24.1 Å². The van der Waals surface area contributed by atoms with E-state index in [4.69, 9.17) is 27.9 Å². The van der Waals surface area contributed by atoms with E-state index < -0.39 is 17.7 Å². The maximum Gasteiger partial charge on any atom is 0.300 e. The summed E-state index contributed by atoms with van der Waals surface area (Å²) in [6, 6.07) is 16.3. The van der Waals surface area contributed by atoms with Gasteiger partial charge in [0.15, 0.2) is 0 Å². The van der Waals surface area contributed by atoms with Crippen LogP contribution in [0.3, 0.4) is 0 Å². The summed E-state index contributed by atoms with van der Waals surface area (Å²) in [4.78, 5) is 27.6. The first-order valence-corrected chi connectivity index (χ1v) is 10.9. The number of aliphatic hydroxyl groups excluding tert-OH is 1. The average Bonchev–Trinajstić information content (AvgIpc) is 3.05. The Morgan fingerprint density at radius 2 is 1.79 bits per heavy atom. The van der Waals surface area contributed by atoms with Gasteiger partial charge in [-0.25, -0.2) is 0 Å². The Labute approximate surface area is 200 Å². The molecule has 0 bridgehead atoms. The van der Waals surface area contributed by atoms with Crippen molar-refractivity contribution in [3.8, 4) is 11.5 Å². The molecule has 2 N–H and O–H groups in total. The molecule has 1 atom stereocenters. The number of anilines is 1. The number of ketones is 1. The zero-order valence-corrected chi connectivity index (χ0v) is 19.0. The molecular weight excluding hydrogens is 465 g/mol.